The Kier molecular flexibility index (Phi) is 5.99. The largest absolute Gasteiger partial charge is 0.465 e. The molecule has 1 heterocycles. The number of aryl methyl sites for hydroxylation is 1. The predicted molar refractivity (Wildman–Crippen MR) is 106 cm³/mol. The Balaban J connectivity index is 1.67. The van der Waals surface area contributed by atoms with E-state index in [1.165, 1.54) is 12.7 Å². The molecule has 0 fully saturated rings. The SMILES string of the molecule is COC(=O)c1cccc(Nc2cc(NCCc3ccccc3)nc(C)n2)c1. The number of nitrogens with zero attached hydrogens (tertiary/aromatic N) is 2. The number of anilines is 3. The first kappa shape index (κ1) is 18.4. The smallest absolute Gasteiger partial charge is 0.337 e. The summed E-state index contributed by atoms with van der Waals surface area (Å²) in [4.78, 5) is 20.5. The summed E-state index contributed by atoms with van der Waals surface area (Å²) < 4.78 is 4.76. The molecule has 0 spiro atoms. The lowest BCUT2D eigenvalue weighted by Gasteiger charge is -2.11. The number of carbonyl (C=O) groups is 1. The van der Waals surface area contributed by atoms with E-state index in [0.717, 1.165) is 24.5 Å². The van der Waals surface area contributed by atoms with E-state index < -0.39 is 0 Å². The summed E-state index contributed by atoms with van der Waals surface area (Å²) in [5.74, 6) is 1.70. The van der Waals surface area contributed by atoms with Gasteiger partial charge in [-0.2, -0.15) is 0 Å². The number of benzene rings is 2. The van der Waals surface area contributed by atoms with Crippen molar-refractivity contribution in [2.75, 3.05) is 24.3 Å². The van der Waals surface area contributed by atoms with Crippen molar-refractivity contribution in [3.8, 4) is 0 Å². The van der Waals surface area contributed by atoms with Crippen LogP contribution in [0.1, 0.15) is 21.7 Å². The third-order valence-corrected chi connectivity index (χ3v) is 3.96. The number of rotatable bonds is 7. The molecule has 0 radical (unpaired) electrons. The molecule has 0 atom stereocenters. The monoisotopic (exact) mass is 362 g/mol. The van der Waals surface area contributed by atoms with Crippen molar-refractivity contribution >= 4 is 23.3 Å². The van der Waals surface area contributed by atoms with Gasteiger partial charge in [0.25, 0.3) is 0 Å². The highest BCUT2D eigenvalue weighted by atomic mass is 16.5. The van der Waals surface area contributed by atoms with Crippen LogP contribution in [-0.2, 0) is 11.2 Å². The topological polar surface area (TPSA) is 76.1 Å². The molecule has 3 aromatic rings. The Morgan fingerprint density at radius 2 is 1.78 bits per heavy atom. The fourth-order valence-corrected chi connectivity index (χ4v) is 2.69. The first-order chi connectivity index (χ1) is 13.1. The molecule has 3 rings (SSSR count). The van der Waals surface area contributed by atoms with Gasteiger partial charge >= 0.3 is 5.97 Å². The first-order valence-corrected chi connectivity index (χ1v) is 8.73. The van der Waals surface area contributed by atoms with Gasteiger partial charge in [-0.3, -0.25) is 0 Å². The number of carbonyl (C=O) groups excluding carboxylic acids is 1. The summed E-state index contributed by atoms with van der Waals surface area (Å²) in [6.45, 7) is 2.62. The number of nitrogens with one attached hydrogen (secondary N) is 2. The fraction of sp³-hybridized carbons (Fsp3) is 0.190. The summed E-state index contributed by atoms with van der Waals surface area (Å²) in [6, 6.07) is 19.2. The van der Waals surface area contributed by atoms with Gasteiger partial charge in [-0.1, -0.05) is 36.4 Å². The van der Waals surface area contributed by atoms with E-state index >= 15 is 0 Å². The maximum Gasteiger partial charge on any atom is 0.337 e. The molecular formula is C21H22N4O2. The highest BCUT2D eigenvalue weighted by Crippen LogP contribution is 2.19. The minimum absolute atomic E-state index is 0.374. The number of methoxy groups -OCH3 is 1. The summed E-state index contributed by atoms with van der Waals surface area (Å²) in [5, 5.41) is 6.55. The molecule has 27 heavy (non-hydrogen) atoms. The van der Waals surface area contributed by atoms with Crippen molar-refractivity contribution < 1.29 is 9.53 Å². The Morgan fingerprint density at radius 1 is 1.00 bits per heavy atom. The summed E-state index contributed by atoms with van der Waals surface area (Å²) in [6.07, 6.45) is 0.911. The van der Waals surface area contributed by atoms with Crippen LogP contribution in [0.2, 0.25) is 0 Å². The van der Waals surface area contributed by atoms with Crippen LogP contribution in [-0.4, -0.2) is 29.6 Å². The normalized spacial score (nSPS) is 10.3. The van der Waals surface area contributed by atoms with Crippen LogP contribution in [0.15, 0.2) is 60.7 Å². The zero-order valence-corrected chi connectivity index (χ0v) is 15.4. The van der Waals surface area contributed by atoms with Crippen molar-refractivity contribution in [2.24, 2.45) is 0 Å². The zero-order valence-electron chi connectivity index (χ0n) is 15.4. The highest BCUT2D eigenvalue weighted by Gasteiger charge is 2.07. The minimum Gasteiger partial charge on any atom is -0.465 e. The Morgan fingerprint density at radius 3 is 2.56 bits per heavy atom. The van der Waals surface area contributed by atoms with Crippen LogP contribution in [0.5, 0.6) is 0 Å². The van der Waals surface area contributed by atoms with E-state index in [1.54, 1.807) is 18.2 Å². The molecule has 1 aromatic heterocycles. The van der Waals surface area contributed by atoms with E-state index in [0.29, 0.717) is 17.2 Å². The third-order valence-electron chi connectivity index (χ3n) is 3.96. The number of hydrogen-bond donors (Lipinski definition) is 2. The van der Waals surface area contributed by atoms with Gasteiger partial charge in [0.05, 0.1) is 12.7 Å². The average Bonchev–Trinajstić information content (AvgIpc) is 2.68. The van der Waals surface area contributed by atoms with Crippen LogP contribution in [0.4, 0.5) is 17.3 Å². The second-order valence-electron chi connectivity index (χ2n) is 6.05. The molecule has 0 bridgehead atoms. The number of esters is 1. The molecule has 0 aliphatic heterocycles. The lowest BCUT2D eigenvalue weighted by molar-refractivity contribution is 0.0601. The molecular weight excluding hydrogens is 340 g/mol. The maximum atomic E-state index is 11.7. The van der Waals surface area contributed by atoms with Gasteiger partial charge in [0.2, 0.25) is 0 Å². The molecule has 0 amide bonds. The highest BCUT2D eigenvalue weighted by molar-refractivity contribution is 5.90. The fourth-order valence-electron chi connectivity index (χ4n) is 2.69. The molecule has 6 heteroatoms. The van der Waals surface area contributed by atoms with Crippen molar-refractivity contribution in [2.45, 2.75) is 13.3 Å². The van der Waals surface area contributed by atoms with Gasteiger partial charge in [-0.15, -0.1) is 0 Å². The van der Waals surface area contributed by atoms with Gasteiger partial charge in [-0.25, -0.2) is 14.8 Å². The van der Waals surface area contributed by atoms with Gasteiger partial charge < -0.3 is 15.4 Å². The quantitative estimate of drug-likeness (QED) is 0.620. The Bertz CT molecular complexity index is 913. The van der Waals surface area contributed by atoms with Gasteiger partial charge in [-0.05, 0) is 37.1 Å². The Hall–Kier alpha value is -3.41. The number of ether oxygens (including phenoxy) is 1. The molecule has 0 aliphatic carbocycles. The molecule has 0 aliphatic rings. The summed E-state index contributed by atoms with van der Waals surface area (Å²) >= 11 is 0. The molecule has 2 aromatic carbocycles. The lowest BCUT2D eigenvalue weighted by atomic mass is 10.1. The number of aromatic nitrogens is 2. The van der Waals surface area contributed by atoms with Crippen LogP contribution in [0.3, 0.4) is 0 Å². The second-order valence-corrected chi connectivity index (χ2v) is 6.05. The molecule has 0 saturated heterocycles. The van der Waals surface area contributed by atoms with Crippen LogP contribution >= 0.6 is 0 Å². The second kappa shape index (κ2) is 8.80. The molecule has 6 nitrogen and oxygen atoms in total. The molecule has 2 N–H and O–H groups in total. The van der Waals surface area contributed by atoms with Crippen LogP contribution in [0.25, 0.3) is 0 Å². The Labute approximate surface area is 158 Å². The minimum atomic E-state index is -0.374. The summed E-state index contributed by atoms with van der Waals surface area (Å²) in [7, 11) is 1.36. The zero-order chi connectivity index (χ0) is 19.1. The van der Waals surface area contributed by atoms with Crippen LogP contribution < -0.4 is 10.6 Å². The van der Waals surface area contributed by atoms with Gasteiger partial charge in [0.1, 0.15) is 17.5 Å². The predicted octanol–water partition coefficient (Wildman–Crippen LogP) is 3.97. The average molecular weight is 362 g/mol. The van der Waals surface area contributed by atoms with Crippen molar-refractivity contribution in [3.63, 3.8) is 0 Å². The van der Waals surface area contributed by atoms with E-state index in [4.69, 9.17) is 4.74 Å². The van der Waals surface area contributed by atoms with E-state index in [9.17, 15) is 4.79 Å². The van der Waals surface area contributed by atoms with Crippen molar-refractivity contribution in [1.29, 1.82) is 0 Å². The van der Waals surface area contributed by atoms with Crippen LogP contribution in [0, 0.1) is 6.92 Å². The van der Waals surface area contributed by atoms with E-state index in [-0.39, 0.29) is 5.97 Å². The molecule has 138 valence electrons. The van der Waals surface area contributed by atoms with E-state index in [1.807, 2.05) is 37.3 Å². The van der Waals surface area contributed by atoms with Crippen molar-refractivity contribution in [1.82, 2.24) is 9.97 Å². The van der Waals surface area contributed by atoms with Gasteiger partial charge in [0.15, 0.2) is 0 Å². The van der Waals surface area contributed by atoms with E-state index in [2.05, 4.69) is 32.7 Å². The number of hydrogen-bond acceptors (Lipinski definition) is 6. The standard InChI is InChI=1S/C21H22N4O2/c1-15-23-19(22-12-11-16-7-4-3-5-8-16)14-20(24-15)25-18-10-6-9-17(13-18)21(26)27-2/h3-10,13-14H,11-12H2,1-2H3,(H2,22,23,24,25). The first-order valence-electron chi connectivity index (χ1n) is 8.73. The molecule has 0 unspecified atom stereocenters. The lowest BCUT2D eigenvalue weighted by Crippen LogP contribution is -2.08. The van der Waals surface area contributed by atoms with Gasteiger partial charge in [0, 0.05) is 18.3 Å². The van der Waals surface area contributed by atoms with Crippen molar-refractivity contribution in [3.05, 3.63) is 77.6 Å². The maximum absolute atomic E-state index is 11.7. The summed E-state index contributed by atoms with van der Waals surface area (Å²) in [5.41, 5.74) is 2.51. The third kappa shape index (κ3) is 5.28. The molecule has 0 saturated carbocycles.